The molecule has 2 heterocycles. The van der Waals surface area contributed by atoms with Gasteiger partial charge in [-0.15, -0.1) is 0 Å². The highest BCUT2D eigenvalue weighted by molar-refractivity contribution is 5.71. The smallest absolute Gasteiger partial charge is 0.332 e. The van der Waals surface area contributed by atoms with Gasteiger partial charge in [0.1, 0.15) is 6.33 Å². The van der Waals surface area contributed by atoms with Crippen LogP contribution < -0.4 is 11.2 Å². The number of hydrogen-bond donors (Lipinski definition) is 0. The molecule has 0 bridgehead atoms. The Morgan fingerprint density at radius 2 is 1.84 bits per heavy atom. The number of aryl methyl sites for hydroxylation is 1. The molecule has 0 saturated carbocycles. The van der Waals surface area contributed by atoms with Crippen molar-refractivity contribution in [1.82, 2.24) is 18.7 Å². The summed E-state index contributed by atoms with van der Waals surface area (Å²) in [6.45, 7) is 3.83. The van der Waals surface area contributed by atoms with Crippen LogP contribution in [0.5, 0.6) is 0 Å². The molecule has 8 nitrogen and oxygen atoms in total. The summed E-state index contributed by atoms with van der Waals surface area (Å²) in [5.74, 6) is -0.299. The van der Waals surface area contributed by atoms with Gasteiger partial charge in [-0.25, -0.2) is 9.78 Å². The Kier molecular flexibility index (Phi) is 6.17. The summed E-state index contributed by atoms with van der Waals surface area (Å²) in [5, 5.41) is 0. The van der Waals surface area contributed by atoms with Crippen LogP contribution in [0.15, 0.2) is 15.9 Å². The van der Waals surface area contributed by atoms with Crippen LogP contribution in [0.1, 0.15) is 58.6 Å². The molecule has 8 heteroatoms. The third-order valence-corrected chi connectivity index (χ3v) is 4.35. The first-order chi connectivity index (χ1) is 11.9. The van der Waals surface area contributed by atoms with Crippen LogP contribution >= 0.6 is 0 Å². The molecule has 1 atom stereocenters. The van der Waals surface area contributed by atoms with E-state index in [4.69, 9.17) is 4.74 Å². The molecule has 138 valence electrons. The number of rotatable bonds is 8. The Bertz CT molecular complexity index is 862. The van der Waals surface area contributed by atoms with Gasteiger partial charge in [-0.2, -0.15) is 0 Å². The van der Waals surface area contributed by atoms with Crippen LogP contribution in [-0.2, 0) is 23.6 Å². The summed E-state index contributed by atoms with van der Waals surface area (Å²) in [5.41, 5.74) is -0.388. The highest BCUT2D eigenvalue weighted by Gasteiger charge is 2.19. The molecule has 0 saturated heterocycles. The van der Waals surface area contributed by atoms with E-state index in [1.807, 2.05) is 0 Å². The monoisotopic (exact) mass is 350 g/mol. The Balaban J connectivity index is 2.13. The molecule has 0 aliphatic heterocycles. The van der Waals surface area contributed by atoms with E-state index in [0.29, 0.717) is 6.42 Å². The predicted octanol–water partition coefficient (Wildman–Crippen LogP) is 1.86. The van der Waals surface area contributed by atoms with Crippen LogP contribution in [-0.4, -0.2) is 24.7 Å². The summed E-state index contributed by atoms with van der Waals surface area (Å²) >= 11 is 0. The third-order valence-electron chi connectivity index (χ3n) is 4.35. The van der Waals surface area contributed by atoms with Gasteiger partial charge in [0.25, 0.3) is 5.56 Å². The van der Waals surface area contributed by atoms with Crippen molar-refractivity contribution in [2.45, 2.75) is 58.6 Å². The highest BCUT2D eigenvalue weighted by atomic mass is 16.6. The number of ether oxygens (including phenoxy) is 1. The van der Waals surface area contributed by atoms with Crippen LogP contribution in [0.3, 0.4) is 0 Å². The quantitative estimate of drug-likeness (QED) is 0.535. The van der Waals surface area contributed by atoms with E-state index in [1.165, 1.54) is 28.9 Å². The number of unbranched alkanes of at least 4 members (excludes halogenated alkanes) is 4. The van der Waals surface area contributed by atoms with E-state index < -0.39 is 17.5 Å². The number of hydrogen-bond acceptors (Lipinski definition) is 5. The Labute approximate surface area is 146 Å². The van der Waals surface area contributed by atoms with E-state index in [2.05, 4.69) is 11.9 Å². The molecule has 1 unspecified atom stereocenters. The zero-order chi connectivity index (χ0) is 18.6. The molecule has 0 amide bonds. The Morgan fingerprint density at radius 1 is 1.16 bits per heavy atom. The largest absolute Gasteiger partial charge is 0.441 e. The van der Waals surface area contributed by atoms with E-state index >= 15 is 0 Å². The molecule has 2 aromatic rings. The van der Waals surface area contributed by atoms with E-state index in [-0.39, 0.29) is 17.1 Å². The third kappa shape index (κ3) is 4.00. The fourth-order valence-electron chi connectivity index (χ4n) is 2.82. The number of fused-ring (bicyclic) bond motifs is 1. The summed E-state index contributed by atoms with van der Waals surface area (Å²) in [6, 6.07) is 0. The maximum atomic E-state index is 12.4. The van der Waals surface area contributed by atoms with Crippen molar-refractivity contribution >= 4 is 17.1 Å². The first-order valence-electron chi connectivity index (χ1n) is 8.70. The summed E-state index contributed by atoms with van der Waals surface area (Å²) < 4.78 is 9.23. The first-order valence-corrected chi connectivity index (χ1v) is 8.70. The lowest BCUT2D eigenvalue weighted by atomic mass is 10.1. The summed E-state index contributed by atoms with van der Waals surface area (Å²) in [7, 11) is 2.96. The molecule has 25 heavy (non-hydrogen) atoms. The van der Waals surface area contributed by atoms with Gasteiger partial charge in [-0.3, -0.25) is 23.3 Å². The molecule has 0 fully saturated rings. The SMILES string of the molecule is CCCCCCCC(=O)OC(C)n1cnc2c1c(=O)n(C)c(=O)n2C. The van der Waals surface area contributed by atoms with Gasteiger partial charge in [0.05, 0.1) is 0 Å². The molecular weight excluding hydrogens is 324 g/mol. The minimum atomic E-state index is -0.668. The molecule has 2 rings (SSSR count). The number of esters is 1. The molecule has 0 N–H and O–H groups in total. The standard InChI is InChI=1S/C17H26N4O4/c1-5-6-7-8-9-10-13(22)25-12(2)21-11-18-15-14(21)16(23)20(4)17(24)19(15)3/h11-12H,5-10H2,1-4H3. The van der Waals surface area contributed by atoms with Crippen molar-refractivity contribution in [2.24, 2.45) is 14.1 Å². The van der Waals surface area contributed by atoms with E-state index in [0.717, 1.165) is 30.3 Å². The normalized spacial score (nSPS) is 12.5. The maximum Gasteiger partial charge on any atom is 0.332 e. The van der Waals surface area contributed by atoms with Crippen molar-refractivity contribution in [3.05, 3.63) is 27.2 Å². The lowest BCUT2D eigenvalue weighted by molar-refractivity contribution is -0.152. The van der Waals surface area contributed by atoms with Gasteiger partial charge < -0.3 is 4.74 Å². The van der Waals surface area contributed by atoms with E-state index in [9.17, 15) is 14.4 Å². The molecule has 0 spiro atoms. The summed E-state index contributed by atoms with van der Waals surface area (Å²) in [6.07, 6.45) is 6.37. The predicted molar refractivity (Wildman–Crippen MR) is 94.4 cm³/mol. The molecule has 0 aliphatic carbocycles. The number of imidazole rings is 1. The van der Waals surface area contributed by atoms with Crippen molar-refractivity contribution in [2.75, 3.05) is 0 Å². The van der Waals surface area contributed by atoms with Crippen LogP contribution in [0, 0.1) is 0 Å². The van der Waals surface area contributed by atoms with Crippen molar-refractivity contribution in [1.29, 1.82) is 0 Å². The number of aromatic nitrogens is 4. The molecule has 0 aromatic carbocycles. The van der Waals surface area contributed by atoms with Crippen LogP contribution in [0.2, 0.25) is 0 Å². The molecular formula is C17H26N4O4. The van der Waals surface area contributed by atoms with Gasteiger partial charge in [0.15, 0.2) is 17.4 Å². The number of carbonyl (C=O) groups is 1. The van der Waals surface area contributed by atoms with Gasteiger partial charge in [-0.1, -0.05) is 32.6 Å². The number of carbonyl (C=O) groups excluding carboxylic acids is 1. The minimum absolute atomic E-state index is 0.243. The topological polar surface area (TPSA) is 88.1 Å². The zero-order valence-electron chi connectivity index (χ0n) is 15.3. The van der Waals surface area contributed by atoms with Crippen LogP contribution in [0.4, 0.5) is 0 Å². The van der Waals surface area contributed by atoms with Crippen LogP contribution in [0.25, 0.3) is 11.2 Å². The number of nitrogens with zero attached hydrogens (tertiary/aromatic N) is 4. The lowest BCUT2D eigenvalue weighted by Crippen LogP contribution is -2.37. The Hall–Kier alpha value is -2.38. The fourth-order valence-corrected chi connectivity index (χ4v) is 2.82. The van der Waals surface area contributed by atoms with Gasteiger partial charge in [-0.05, 0) is 13.3 Å². The molecule has 2 aromatic heterocycles. The van der Waals surface area contributed by atoms with Gasteiger partial charge in [0, 0.05) is 20.5 Å². The second-order valence-electron chi connectivity index (χ2n) is 6.28. The minimum Gasteiger partial charge on any atom is -0.441 e. The first kappa shape index (κ1) is 19.0. The highest BCUT2D eigenvalue weighted by Crippen LogP contribution is 2.16. The second-order valence-corrected chi connectivity index (χ2v) is 6.28. The van der Waals surface area contributed by atoms with Gasteiger partial charge >= 0.3 is 11.7 Å². The molecule has 0 radical (unpaired) electrons. The molecule has 0 aliphatic rings. The van der Waals surface area contributed by atoms with Gasteiger partial charge in [0.2, 0.25) is 0 Å². The zero-order valence-corrected chi connectivity index (χ0v) is 15.3. The average molecular weight is 350 g/mol. The van der Waals surface area contributed by atoms with Crippen molar-refractivity contribution in [3.63, 3.8) is 0 Å². The van der Waals surface area contributed by atoms with E-state index in [1.54, 1.807) is 14.0 Å². The Morgan fingerprint density at radius 3 is 2.52 bits per heavy atom. The van der Waals surface area contributed by atoms with Crippen molar-refractivity contribution < 1.29 is 9.53 Å². The van der Waals surface area contributed by atoms with Crippen molar-refractivity contribution in [3.8, 4) is 0 Å². The lowest BCUT2D eigenvalue weighted by Gasteiger charge is -2.15. The second kappa shape index (κ2) is 8.13. The average Bonchev–Trinajstić information content (AvgIpc) is 3.03. The summed E-state index contributed by atoms with van der Waals surface area (Å²) in [4.78, 5) is 40.5. The maximum absolute atomic E-state index is 12.4. The fraction of sp³-hybridized carbons (Fsp3) is 0.647.